The average Bonchev–Trinajstić information content (AvgIpc) is 2.45. The van der Waals surface area contributed by atoms with E-state index in [2.05, 4.69) is 26.2 Å². The van der Waals surface area contributed by atoms with Gasteiger partial charge in [0, 0.05) is 27.7 Å². The van der Waals surface area contributed by atoms with Gasteiger partial charge in [-0.15, -0.1) is 0 Å². The predicted octanol–water partition coefficient (Wildman–Crippen LogP) is 3.51. The number of halogens is 1. The maximum atomic E-state index is 11.6. The van der Waals surface area contributed by atoms with Gasteiger partial charge in [0.15, 0.2) is 0 Å². The molecule has 2 unspecified atom stereocenters. The molecule has 0 radical (unpaired) electrons. The van der Waals surface area contributed by atoms with Crippen LogP contribution in [0.2, 0.25) is 0 Å². The summed E-state index contributed by atoms with van der Waals surface area (Å²) in [7, 11) is 0. The number of nitrogens with zero attached hydrogens (tertiary/aromatic N) is 1. The third kappa shape index (κ3) is 2.99. The number of benzene rings is 1. The lowest BCUT2D eigenvalue weighted by atomic mass is 10.0. The Morgan fingerprint density at radius 2 is 2.20 bits per heavy atom. The van der Waals surface area contributed by atoms with Crippen molar-refractivity contribution < 1.29 is 9.90 Å². The molecule has 0 bridgehead atoms. The average molecular weight is 337 g/mol. The molecule has 0 amide bonds. The van der Waals surface area contributed by atoms with Gasteiger partial charge >= 0.3 is 5.97 Å². The van der Waals surface area contributed by atoms with Crippen molar-refractivity contribution in [2.45, 2.75) is 32.4 Å². The van der Waals surface area contributed by atoms with Gasteiger partial charge in [0.25, 0.3) is 0 Å². The van der Waals surface area contributed by atoms with Crippen molar-refractivity contribution in [3.63, 3.8) is 0 Å². The van der Waals surface area contributed by atoms with Crippen LogP contribution in [0, 0.1) is 0 Å². The number of carboxylic acid groups (broad SMARTS) is 1. The van der Waals surface area contributed by atoms with E-state index in [0.29, 0.717) is 11.1 Å². The van der Waals surface area contributed by atoms with Crippen LogP contribution < -0.4 is 5.32 Å². The third-order valence-corrected chi connectivity index (χ3v) is 4.06. The fourth-order valence-electron chi connectivity index (χ4n) is 2.09. The summed E-state index contributed by atoms with van der Waals surface area (Å²) in [4.78, 5) is 15.9. The Morgan fingerprint density at radius 1 is 1.45 bits per heavy atom. The number of hydrogen-bond donors (Lipinski definition) is 2. The first-order valence-electron chi connectivity index (χ1n) is 6.56. The van der Waals surface area contributed by atoms with Crippen LogP contribution in [0.4, 0.5) is 0 Å². The number of rotatable bonds is 5. The molecule has 4 nitrogen and oxygen atoms in total. The second kappa shape index (κ2) is 6.33. The molecule has 0 aliphatic carbocycles. The Bertz CT molecular complexity index is 630. The van der Waals surface area contributed by atoms with E-state index in [1.54, 1.807) is 6.20 Å². The lowest BCUT2D eigenvalue weighted by molar-refractivity contribution is -0.139. The minimum atomic E-state index is -0.889. The van der Waals surface area contributed by atoms with Crippen molar-refractivity contribution in [1.82, 2.24) is 10.3 Å². The Labute approximate surface area is 126 Å². The minimum absolute atomic E-state index is 0.124. The summed E-state index contributed by atoms with van der Waals surface area (Å²) < 4.78 is 0.914. The van der Waals surface area contributed by atoms with E-state index < -0.39 is 12.0 Å². The van der Waals surface area contributed by atoms with Gasteiger partial charge in [-0.3, -0.25) is 15.1 Å². The van der Waals surface area contributed by atoms with E-state index >= 15 is 0 Å². The molecular formula is C15H17BrN2O2. The number of aliphatic carboxylic acids is 1. The molecule has 2 aromatic rings. The maximum Gasteiger partial charge on any atom is 0.325 e. The normalized spacial score (nSPS) is 14.2. The van der Waals surface area contributed by atoms with Gasteiger partial charge in [0.1, 0.15) is 6.04 Å². The first-order chi connectivity index (χ1) is 9.54. The number of hydrogen-bond acceptors (Lipinski definition) is 3. The van der Waals surface area contributed by atoms with E-state index in [0.717, 1.165) is 16.3 Å². The number of carbonyl (C=O) groups is 1. The fraction of sp³-hybridized carbons (Fsp3) is 0.333. The van der Waals surface area contributed by atoms with Crippen LogP contribution in [0.1, 0.15) is 31.9 Å². The maximum absolute atomic E-state index is 11.6. The summed E-state index contributed by atoms with van der Waals surface area (Å²) in [5.74, 6) is -0.889. The van der Waals surface area contributed by atoms with E-state index in [-0.39, 0.29) is 6.04 Å². The van der Waals surface area contributed by atoms with Gasteiger partial charge in [-0.05, 0) is 25.5 Å². The summed E-state index contributed by atoms with van der Waals surface area (Å²) in [6.07, 6.45) is 2.55. The van der Waals surface area contributed by atoms with Crippen LogP contribution in [-0.2, 0) is 4.79 Å². The van der Waals surface area contributed by atoms with Crippen molar-refractivity contribution in [3.8, 4) is 0 Å². The van der Waals surface area contributed by atoms with Crippen LogP contribution in [-0.4, -0.2) is 22.1 Å². The molecule has 2 atom stereocenters. The predicted molar refractivity (Wildman–Crippen MR) is 82.7 cm³/mol. The van der Waals surface area contributed by atoms with E-state index in [9.17, 15) is 9.90 Å². The highest BCUT2D eigenvalue weighted by molar-refractivity contribution is 9.10. The van der Waals surface area contributed by atoms with Crippen LogP contribution in [0.25, 0.3) is 10.9 Å². The van der Waals surface area contributed by atoms with Crippen LogP contribution >= 0.6 is 15.9 Å². The molecule has 0 saturated heterocycles. The molecule has 20 heavy (non-hydrogen) atoms. The molecule has 0 saturated carbocycles. The monoisotopic (exact) mass is 336 g/mol. The number of pyridine rings is 1. The Morgan fingerprint density at radius 3 is 2.85 bits per heavy atom. The van der Waals surface area contributed by atoms with Gasteiger partial charge in [0.05, 0.1) is 5.52 Å². The molecule has 5 heteroatoms. The number of carboxylic acids is 1. The Kier molecular flexibility index (Phi) is 4.73. The second-order valence-electron chi connectivity index (χ2n) is 4.78. The first kappa shape index (κ1) is 14.9. The Balaban J connectivity index is 2.54. The molecule has 0 aliphatic heterocycles. The summed E-state index contributed by atoms with van der Waals surface area (Å²) in [5.41, 5.74) is 1.40. The van der Waals surface area contributed by atoms with E-state index in [1.165, 1.54) is 0 Å². The summed E-state index contributed by atoms with van der Waals surface area (Å²) in [6, 6.07) is 6.82. The highest BCUT2D eigenvalue weighted by Crippen LogP contribution is 2.29. The molecular weight excluding hydrogens is 320 g/mol. The number of aromatic nitrogens is 1. The second-order valence-corrected chi connectivity index (χ2v) is 5.64. The highest BCUT2D eigenvalue weighted by atomic mass is 79.9. The minimum Gasteiger partial charge on any atom is -0.480 e. The molecule has 2 rings (SSSR count). The third-order valence-electron chi connectivity index (χ3n) is 3.37. The summed E-state index contributed by atoms with van der Waals surface area (Å²) in [6.45, 7) is 4.00. The zero-order chi connectivity index (χ0) is 14.7. The van der Waals surface area contributed by atoms with Gasteiger partial charge in [-0.2, -0.15) is 0 Å². The molecule has 0 aliphatic rings. The molecule has 2 N–H and O–H groups in total. The van der Waals surface area contributed by atoms with Crippen molar-refractivity contribution in [2.75, 3.05) is 0 Å². The summed E-state index contributed by atoms with van der Waals surface area (Å²) in [5, 5.41) is 13.6. The zero-order valence-electron chi connectivity index (χ0n) is 11.4. The van der Waals surface area contributed by atoms with Crippen molar-refractivity contribution in [1.29, 1.82) is 0 Å². The number of nitrogens with one attached hydrogen (secondary N) is 1. The highest BCUT2D eigenvalue weighted by Gasteiger charge is 2.24. The van der Waals surface area contributed by atoms with E-state index in [4.69, 9.17) is 0 Å². The lowest BCUT2D eigenvalue weighted by Gasteiger charge is -2.20. The lowest BCUT2D eigenvalue weighted by Crippen LogP contribution is -2.35. The first-order valence-corrected chi connectivity index (χ1v) is 7.35. The molecule has 106 valence electrons. The molecule has 1 heterocycles. The van der Waals surface area contributed by atoms with Crippen LogP contribution in [0.5, 0.6) is 0 Å². The molecule has 0 spiro atoms. The fourth-order valence-corrected chi connectivity index (χ4v) is 2.54. The molecule has 1 aromatic heterocycles. The van der Waals surface area contributed by atoms with Crippen LogP contribution in [0.15, 0.2) is 34.9 Å². The molecule has 0 fully saturated rings. The summed E-state index contributed by atoms with van der Waals surface area (Å²) >= 11 is 3.47. The van der Waals surface area contributed by atoms with Gasteiger partial charge < -0.3 is 5.11 Å². The van der Waals surface area contributed by atoms with Crippen molar-refractivity contribution >= 4 is 32.8 Å². The largest absolute Gasteiger partial charge is 0.480 e. The van der Waals surface area contributed by atoms with Crippen molar-refractivity contribution in [3.05, 3.63) is 40.5 Å². The van der Waals surface area contributed by atoms with Crippen molar-refractivity contribution in [2.24, 2.45) is 0 Å². The SMILES string of the molecule is CCC(C)NC(C(=O)O)c1ccc(Br)c2cccnc12. The molecule has 1 aromatic carbocycles. The van der Waals surface area contributed by atoms with Gasteiger partial charge in [-0.25, -0.2) is 0 Å². The van der Waals surface area contributed by atoms with Crippen LogP contribution in [0.3, 0.4) is 0 Å². The van der Waals surface area contributed by atoms with E-state index in [1.807, 2.05) is 38.1 Å². The Hall–Kier alpha value is -1.46. The quantitative estimate of drug-likeness (QED) is 0.876. The number of fused-ring (bicyclic) bond motifs is 1. The van der Waals surface area contributed by atoms with Gasteiger partial charge in [0.2, 0.25) is 0 Å². The smallest absolute Gasteiger partial charge is 0.325 e. The zero-order valence-corrected chi connectivity index (χ0v) is 13.0. The topological polar surface area (TPSA) is 62.2 Å². The van der Waals surface area contributed by atoms with Gasteiger partial charge in [-0.1, -0.05) is 35.0 Å². The standard InChI is InChI=1S/C15H17BrN2O2/c1-3-9(2)18-14(15(19)20)11-6-7-12(16)10-5-4-8-17-13(10)11/h4-9,14,18H,3H2,1-2H3,(H,19,20).